The number of halogens is 1. The maximum Gasteiger partial charge on any atom is 0.164 e. The molecule has 0 spiro atoms. The van der Waals surface area contributed by atoms with Gasteiger partial charge in [-0.05, 0) is 40.5 Å². The molecule has 7 nitrogen and oxygen atoms in total. The van der Waals surface area contributed by atoms with Gasteiger partial charge in [0.1, 0.15) is 16.7 Å². The monoisotopic (exact) mass is 397 g/mol. The molecular formula is C17H16BrN7. The molecule has 25 heavy (non-hydrogen) atoms. The van der Waals surface area contributed by atoms with Crippen LogP contribution >= 0.6 is 15.9 Å². The highest BCUT2D eigenvalue weighted by Gasteiger charge is 2.17. The fraction of sp³-hybridized carbons (Fsp3) is 0.176. The molecule has 0 aliphatic heterocycles. The Hall–Kier alpha value is -2.74. The van der Waals surface area contributed by atoms with Crippen LogP contribution in [0.1, 0.15) is 18.5 Å². The lowest BCUT2D eigenvalue weighted by molar-refractivity contribution is 0.777. The van der Waals surface area contributed by atoms with Crippen LogP contribution in [0.3, 0.4) is 0 Å². The van der Waals surface area contributed by atoms with Crippen molar-refractivity contribution in [2.75, 3.05) is 5.32 Å². The van der Waals surface area contributed by atoms with E-state index in [1.54, 1.807) is 17.2 Å². The summed E-state index contributed by atoms with van der Waals surface area (Å²) in [5.41, 5.74) is 2.93. The summed E-state index contributed by atoms with van der Waals surface area (Å²) in [5.74, 6) is 0.743. The van der Waals surface area contributed by atoms with Gasteiger partial charge in [0.25, 0.3) is 0 Å². The molecule has 3 aromatic heterocycles. The molecule has 4 aromatic rings. The van der Waals surface area contributed by atoms with E-state index < -0.39 is 0 Å². The van der Waals surface area contributed by atoms with E-state index in [1.165, 1.54) is 0 Å². The van der Waals surface area contributed by atoms with Gasteiger partial charge < -0.3 is 5.32 Å². The SMILES string of the molecule is CC(Nc1ncnc2c1c(Br)nn2C)c1ccccc1-n1cccn1. The Balaban J connectivity index is 1.74. The third-order valence-electron chi connectivity index (χ3n) is 4.09. The minimum atomic E-state index is 0.0191. The summed E-state index contributed by atoms with van der Waals surface area (Å²) < 4.78 is 4.32. The second-order valence-electron chi connectivity index (χ2n) is 5.71. The molecule has 4 rings (SSSR count). The minimum Gasteiger partial charge on any atom is -0.363 e. The van der Waals surface area contributed by atoms with Gasteiger partial charge in [-0.25, -0.2) is 19.3 Å². The lowest BCUT2D eigenvalue weighted by Gasteiger charge is -2.19. The predicted octanol–water partition coefficient (Wildman–Crippen LogP) is 3.48. The van der Waals surface area contributed by atoms with Gasteiger partial charge >= 0.3 is 0 Å². The fourth-order valence-corrected chi connectivity index (χ4v) is 3.51. The van der Waals surface area contributed by atoms with Gasteiger partial charge in [0.15, 0.2) is 5.65 Å². The van der Waals surface area contributed by atoms with Crippen molar-refractivity contribution < 1.29 is 0 Å². The highest BCUT2D eigenvalue weighted by Crippen LogP contribution is 2.30. The molecule has 0 bridgehead atoms. The molecule has 1 aromatic carbocycles. The molecular weight excluding hydrogens is 382 g/mol. The van der Waals surface area contributed by atoms with E-state index in [2.05, 4.69) is 60.5 Å². The van der Waals surface area contributed by atoms with Gasteiger partial charge in [-0.3, -0.25) is 0 Å². The van der Waals surface area contributed by atoms with E-state index in [9.17, 15) is 0 Å². The molecule has 126 valence electrons. The maximum atomic E-state index is 4.41. The highest BCUT2D eigenvalue weighted by molar-refractivity contribution is 9.10. The number of anilines is 1. The second-order valence-corrected chi connectivity index (χ2v) is 6.46. The Bertz CT molecular complexity index is 1020. The summed E-state index contributed by atoms with van der Waals surface area (Å²) in [6.45, 7) is 2.10. The minimum absolute atomic E-state index is 0.0191. The second kappa shape index (κ2) is 6.29. The number of aryl methyl sites for hydroxylation is 1. The van der Waals surface area contributed by atoms with Crippen molar-refractivity contribution in [2.24, 2.45) is 7.05 Å². The van der Waals surface area contributed by atoms with Crippen LogP contribution < -0.4 is 5.32 Å². The number of rotatable bonds is 4. The van der Waals surface area contributed by atoms with E-state index >= 15 is 0 Å². The predicted molar refractivity (Wildman–Crippen MR) is 99.6 cm³/mol. The first-order valence-electron chi connectivity index (χ1n) is 7.84. The lowest BCUT2D eigenvalue weighted by Crippen LogP contribution is -2.12. The van der Waals surface area contributed by atoms with Crippen LogP contribution in [0.15, 0.2) is 53.7 Å². The molecule has 0 amide bonds. The number of nitrogens with one attached hydrogen (secondary N) is 1. The third kappa shape index (κ3) is 2.78. The Morgan fingerprint density at radius 2 is 2.00 bits per heavy atom. The quantitative estimate of drug-likeness (QED) is 0.570. The first kappa shape index (κ1) is 15.8. The number of benzene rings is 1. The maximum absolute atomic E-state index is 4.41. The zero-order chi connectivity index (χ0) is 17.4. The van der Waals surface area contributed by atoms with E-state index in [1.807, 2.05) is 36.1 Å². The van der Waals surface area contributed by atoms with Crippen LogP contribution in [-0.4, -0.2) is 29.5 Å². The molecule has 1 atom stereocenters. The van der Waals surface area contributed by atoms with Crippen molar-refractivity contribution in [3.05, 3.63) is 59.2 Å². The van der Waals surface area contributed by atoms with Crippen LogP contribution in [0.4, 0.5) is 5.82 Å². The van der Waals surface area contributed by atoms with Crippen LogP contribution in [0, 0.1) is 0 Å². The molecule has 0 fully saturated rings. The van der Waals surface area contributed by atoms with Crippen molar-refractivity contribution >= 4 is 32.8 Å². The van der Waals surface area contributed by atoms with Gasteiger partial charge in [0.05, 0.1) is 17.1 Å². The number of para-hydroxylation sites is 1. The van der Waals surface area contributed by atoms with Gasteiger partial charge in [0.2, 0.25) is 0 Å². The normalized spacial score (nSPS) is 12.4. The molecule has 0 aliphatic rings. The van der Waals surface area contributed by atoms with E-state index in [0.717, 1.165) is 32.7 Å². The first-order chi connectivity index (χ1) is 12.1. The zero-order valence-corrected chi connectivity index (χ0v) is 15.3. The molecule has 1 N–H and O–H groups in total. The van der Waals surface area contributed by atoms with E-state index in [4.69, 9.17) is 0 Å². The van der Waals surface area contributed by atoms with Crippen molar-refractivity contribution in [1.82, 2.24) is 29.5 Å². The molecule has 3 heterocycles. The zero-order valence-electron chi connectivity index (χ0n) is 13.8. The molecule has 0 saturated heterocycles. The highest BCUT2D eigenvalue weighted by atomic mass is 79.9. The number of fused-ring (bicyclic) bond motifs is 1. The van der Waals surface area contributed by atoms with Crippen molar-refractivity contribution in [3.8, 4) is 5.69 Å². The lowest BCUT2D eigenvalue weighted by atomic mass is 10.1. The summed E-state index contributed by atoms with van der Waals surface area (Å²) in [7, 11) is 1.86. The van der Waals surface area contributed by atoms with Crippen LogP contribution in [0.2, 0.25) is 0 Å². The van der Waals surface area contributed by atoms with Crippen LogP contribution in [0.25, 0.3) is 16.7 Å². The van der Waals surface area contributed by atoms with E-state index in [0.29, 0.717) is 0 Å². The van der Waals surface area contributed by atoms with Crippen LogP contribution in [0.5, 0.6) is 0 Å². The van der Waals surface area contributed by atoms with Gasteiger partial charge in [-0.15, -0.1) is 0 Å². The number of hydrogen-bond acceptors (Lipinski definition) is 5. The summed E-state index contributed by atoms with van der Waals surface area (Å²) >= 11 is 3.49. The topological polar surface area (TPSA) is 73.5 Å². The molecule has 8 heteroatoms. The third-order valence-corrected chi connectivity index (χ3v) is 4.64. The molecule has 1 unspecified atom stereocenters. The standard InChI is InChI=1S/C17H16BrN7/c1-11(12-6-3-4-7-13(12)25-9-5-8-21-25)22-16-14-15(18)23-24(2)17(14)20-10-19-16/h3-11H,1-2H3,(H,19,20,22). The smallest absolute Gasteiger partial charge is 0.164 e. The van der Waals surface area contributed by atoms with Gasteiger partial charge in [-0.1, -0.05) is 18.2 Å². The number of nitrogens with zero attached hydrogens (tertiary/aromatic N) is 6. The summed E-state index contributed by atoms with van der Waals surface area (Å²) in [5, 5.41) is 13.1. The fourth-order valence-electron chi connectivity index (χ4n) is 2.91. The summed E-state index contributed by atoms with van der Waals surface area (Å²) in [6.07, 6.45) is 5.26. The Morgan fingerprint density at radius 1 is 1.16 bits per heavy atom. The average Bonchev–Trinajstić information content (AvgIpc) is 3.24. The Kier molecular flexibility index (Phi) is 3.96. The van der Waals surface area contributed by atoms with Gasteiger partial charge in [0, 0.05) is 19.4 Å². The van der Waals surface area contributed by atoms with E-state index in [-0.39, 0.29) is 6.04 Å². The first-order valence-corrected chi connectivity index (χ1v) is 8.63. The summed E-state index contributed by atoms with van der Waals surface area (Å²) in [6, 6.07) is 10.1. The largest absolute Gasteiger partial charge is 0.363 e. The van der Waals surface area contributed by atoms with Crippen LogP contribution in [-0.2, 0) is 7.05 Å². The average molecular weight is 398 g/mol. The Labute approximate surface area is 152 Å². The van der Waals surface area contributed by atoms with Crippen molar-refractivity contribution in [2.45, 2.75) is 13.0 Å². The van der Waals surface area contributed by atoms with Gasteiger partial charge in [-0.2, -0.15) is 10.2 Å². The molecule has 0 saturated carbocycles. The number of aromatic nitrogens is 6. The molecule has 0 aliphatic carbocycles. The Morgan fingerprint density at radius 3 is 2.80 bits per heavy atom. The molecule has 0 radical (unpaired) electrons. The number of hydrogen-bond donors (Lipinski definition) is 1. The summed E-state index contributed by atoms with van der Waals surface area (Å²) in [4.78, 5) is 8.72. The van der Waals surface area contributed by atoms with Crippen molar-refractivity contribution in [3.63, 3.8) is 0 Å². The van der Waals surface area contributed by atoms with Crippen molar-refractivity contribution in [1.29, 1.82) is 0 Å².